The summed E-state index contributed by atoms with van der Waals surface area (Å²) in [6.07, 6.45) is 1.22. The monoisotopic (exact) mass is 222 g/mol. The minimum absolute atomic E-state index is 0.0838. The Balaban J connectivity index is 3.05. The van der Waals surface area contributed by atoms with Gasteiger partial charge in [-0.2, -0.15) is 0 Å². The van der Waals surface area contributed by atoms with Crippen LogP contribution in [0.2, 0.25) is 0 Å². The zero-order valence-corrected chi connectivity index (χ0v) is 10.8. The van der Waals surface area contributed by atoms with Crippen LogP contribution >= 0.6 is 0 Å². The minimum Gasteiger partial charge on any atom is -0.393 e. The van der Waals surface area contributed by atoms with E-state index < -0.39 is 0 Å². The van der Waals surface area contributed by atoms with E-state index in [2.05, 4.69) is 37.7 Å². The zero-order chi connectivity index (χ0) is 12.3. The number of aromatic nitrogens is 2. The highest BCUT2D eigenvalue weighted by Gasteiger charge is 2.23. The number of nitrogens with zero attached hydrogens (tertiary/aromatic N) is 2. The van der Waals surface area contributed by atoms with Crippen molar-refractivity contribution in [2.45, 2.75) is 52.6 Å². The summed E-state index contributed by atoms with van der Waals surface area (Å²) in [4.78, 5) is 8.54. The molecule has 16 heavy (non-hydrogen) atoms. The molecule has 0 radical (unpaired) electrons. The van der Waals surface area contributed by atoms with Crippen molar-refractivity contribution in [3.8, 4) is 0 Å². The van der Waals surface area contributed by atoms with E-state index in [1.165, 1.54) is 0 Å². The molecular weight excluding hydrogens is 200 g/mol. The molecular formula is C13H22N2O. The number of hydrogen-bond donors (Lipinski definition) is 1. The van der Waals surface area contributed by atoms with Gasteiger partial charge in [0.2, 0.25) is 0 Å². The Labute approximate surface area is 97.9 Å². The fourth-order valence-electron chi connectivity index (χ4n) is 2.03. The molecule has 90 valence electrons. The molecule has 1 rings (SSSR count). The highest BCUT2D eigenvalue weighted by Crippen LogP contribution is 2.27. The van der Waals surface area contributed by atoms with Gasteiger partial charge in [0, 0.05) is 17.3 Å². The largest absolute Gasteiger partial charge is 0.393 e. The van der Waals surface area contributed by atoms with Crippen molar-refractivity contribution in [1.82, 2.24) is 9.97 Å². The van der Waals surface area contributed by atoms with Crippen molar-refractivity contribution in [3.63, 3.8) is 0 Å². The zero-order valence-electron chi connectivity index (χ0n) is 10.8. The van der Waals surface area contributed by atoms with Gasteiger partial charge in [-0.3, -0.25) is 0 Å². The highest BCUT2D eigenvalue weighted by atomic mass is 16.3. The average Bonchev–Trinajstić information content (AvgIpc) is 2.16. The molecule has 0 amide bonds. The number of aliphatic hydroxyl groups excluding tert-OH is 1. The van der Waals surface area contributed by atoms with Crippen molar-refractivity contribution in [3.05, 3.63) is 23.8 Å². The first-order valence-corrected chi connectivity index (χ1v) is 5.93. The standard InChI is InChI=1S/C13H22N2O/c1-8(2)11-6-12(15-7-14-11)13(9(3)4)10(5)16/h6-10,13,16H,1-5H3. The molecule has 0 spiro atoms. The highest BCUT2D eigenvalue weighted by molar-refractivity contribution is 5.16. The second-order valence-electron chi connectivity index (χ2n) is 5.03. The van der Waals surface area contributed by atoms with E-state index >= 15 is 0 Å². The maximum absolute atomic E-state index is 9.81. The van der Waals surface area contributed by atoms with E-state index in [1.54, 1.807) is 6.33 Å². The van der Waals surface area contributed by atoms with Gasteiger partial charge in [0.1, 0.15) is 6.33 Å². The van der Waals surface area contributed by atoms with Crippen molar-refractivity contribution < 1.29 is 5.11 Å². The van der Waals surface area contributed by atoms with Crippen LogP contribution in [0.1, 0.15) is 57.8 Å². The Bertz CT molecular complexity index is 326. The Morgan fingerprint density at radius 3 is 2.00 bits per heavy atom. The van der Waals surface area contributed by atoms with E-state index in [1.807, 2.05) is 13.0 Å². The molecule has 0 saturated carbocycles. The van der Waals surface area contributed by atoms with Crippen LogP contribution in [0.25, 0.3) is 0 Å². The summed E-state index contributed by atoms with van der Waals surface area (Å²) in [5, 5.41) is 9.81. The second-order valence-corrected chi connectivity index (χ2v) is 5.03. The van der Waals surface area contributed by atoms with Gasteiger partial charge < -0.3 is 5.11 Å². The Kier molecular flexibility index (Phi) is 4.42. The van der Waals surface area contributed by atoms with Crippen molar-refractivity contribution in [2.75, 3.05) is 0 Å². The third kappa shape index (κ3) is 3.01. The van der Waals surface area contributed by atoms with Crippen molar-refractivity contribution in [1.29, 1.82) is 0 Å². The summed E-state index contributed by atoms with van der Waals surface area (Å²) in [7, 11) is 0. The summed E-state index contributed by atoms with van der Waals surface area (Å²) in [6.45, 7) is 10.3. The molecule has 0 aromatic carbocycles. The normalized spacial score (nSPS) is 15.5. The SMILES string of the molecule is CC(C)c1cc(C(C(C)C)C(C)O)ncn1. The Morgan fingerprint density at radius 2 is 1.56 bits per heavy atom. The third-order valence-corrected chi connectivity index (χ3v) is 2.88. The molecule has 2 atom stereocenters. The third-order valence-electron chi connectivity index (χ3n) is 2.88. The quantitative estimate of drug-likeness (QED) is 0.852. The predicted molar refractivity (Wildman–Crippen MR) is 65.4 cm³/mol. The van der Waals surface area contributed by atoms with Crippen molar-refractivity contribution >= 4 is 0 Å². The first-order valence-electron chi connectivity index (χ1n) is 5.93. The molecule has 1 aromatic heterocycles. The molecule has 0 saturated heterocycles. The molecule has 2 unspecified atom stereocenters. The molecule has 3 nitrogen and oxygen atoms in total. The number of hydrogen-bond acceptors (Lipinski definition) is 3. The Morgan fingerprint density at radius 1 is 1.00 bits per heavy atom. The van der Waals surface area contributed by atoms with Gasteiger partial charge in [-0.25, -0.2) is 9.97 Å². The van der Waals surface area contributed by atoms with E-state index in [9.17, 15) is 5.11 Å². The van der Waals surface area contributed by atoms with Gasteiger partial charge in [-0.05, 0) is 24.8 Å². The second kappa shape index (κ2) is 5.39. The predicted octanol–water partition coefficient (Wildman–Crippen LogP) is 2.72. The van der Waals surface area contributed by atoms with Crippen LogP contribution < -0.4 is 0 Å². The molecule has 1 aromatic rings. The summed E-state index contributed by atoms with van der Waals surface area (Å²) in [6, 6.07) is 2.02. The molecule has 1 N–H and O–H groups in total. The van der Waals surface area contributed by atoms with E-state index in [0.29, 0.717) is 11.8 Å². The number of aliphatic hydroxyl groups is 1. The maximum Gasteiger partial charge on any atom is 0.115 e. The first-order chi connectivity index (χ1) is 7.43. The van der Waals surface area contributed by atoms with Crippen LogP contribution in [0.3, 0.4) is 0 Å². The van der Waals surface area contributed by atoms with Gasteiger partial charge in [-0.1, -0.05) is 27.7 Å². The van der Waals surface area contributed by atoms with Gasteiger partial charge in [0.15, 0.2) is 0 Å². The summed E-state index contributed by atoms with van der Waals surface area (Å²) in [5.74, 6) is 0.846. The van der Waals surface area contributed by atoms with Crippen LogP contribution in [0.4, 0.5) is 0 Å². The van der Waals surface area contributed by atoms with Gasteiger partial charge in [-0.15, -0.1) is 0 Å². The van der Waals surface area contributed by atoms with Gasteiger partial charge in [0.25, 0.3) is 0 Å². The van der Waals surface area contributed by atoms with Crippen LogP contribution in [0, 0.1) is 5.92 Å². The molecule has 3 heteroatoms. The maximum atomic E-state index is 9.81. The first kappa shape index (κ1) is 13.1. The van der Waals surface area contributed by atoms with E-state index in [0.717, 1.165) is 11.4 Å². The van der Waals surface area contributed by atoms with Crippen LogP contribution in [-0.2, 0) is 0 Å². The fraction of sp³-hybridized carbons (Fsp3) is 0.692. The summed E-state index contributed by atoms with van der Waals surface area (Å²) in [5.41, 5.74) is 1.99. The molecule has 0 aliphatic rings. The molecule has 1 heterocycles. The summed E-state index contributed by atoms with van der Waals surface area (Å²) < 4.78 is 0. The van der Waals surface area contributed by atoms with Crippen LogP contribution in [-0.4, -0.2) is 21.2 Å². The smallest absolute Gasteiger partial charge is 0.115 e. The van der Waals surface area contributed by atoms with E-state index in [-0.39, 0.29) is 12.0 Å². The lowest BCUT2D eigenvalue weighted by Crippen LogP contribution is -2.21. The lowest BCUT2D eigenvalue weighted by Gasteiger charge is -2.23. The topological polar surface area (TPSA) is 46.0 Å². The lowest BCUT2D eigenvalue weighted by molar-refractivity contribution is 0.138. The average molecular weight is 222 g/mol. The number of rotatable bonds is 4. The lowest BCUT2D eigenvalue weighted by atomic mass is 9.87. The minimum atomic E-state index is -0.380. The molecule has 0 aliphatic carbocycles. The van der Waals surface area contributed by atoms with Crippen LogP contribution in [0.5, 0.6) is 0 Å². The fourth-order valence-corrected chi connectivity index (χ4v) is 2.03. The molecule has 0 aliphatic heterocycles. The van der Waals surface area contributed by atoms with Crippen LogP contribution in [0.15, 0.2) is 12.4 Å². The van der Waals surface area contributed by atoms with Crippen molar-refractivity contribution in [2.24, 2.45) is 5.92 Å². The molecule has 0 bridgehead atoms. The van der Waals surface area contributed by atoms with E-state index in [4.69, 9.17) is 0 Å². The van der Waals surface area contributed by atoms with Gasteiger partial charge >= 0.3 is 0 Å². The van der Waals surface area contributed by atoms with Gasteiger partial charge in [0.05, 0.1) is 6.10 Å². The summed E-state index contributed by atoms with van der Waals surface area (Å²) >= 11 is 0. The Hall–Kier alpha value is -0.960. The molecule has 0 fully saturated rings.